The third-order valence-corrected chi connectivity index (χ3v) is 6.00. The van der Waals surface area contributed by atoms with Crippen LogP contribution in [-0.2, 0) is 0 Å². The lowest BCUT2D eigenvalue weighted by molar-refractivity contribution is 0.0975. The molecule has 0 unspecified atom stereocenters. The molecule has 3 rings (SSSR count). The molecule has 0 aromatic heterocycles. The molecular formula is C22H28O5Si2. The van der Waals surface area contributed by atoms with Gasteiger partial charge in [0.2, 0.25) is 22.4 Å². The summed E-state index contributed by atoms with van der Waals surface area (Å²) < 4.78 is 17.8. The van der Waals surface area contributed by atoms with Gasteiger partial charge in [0.25, 0.3) is 0 Å². The molecule has 5 nitrogen and oxygen atoms in total. The van der Waals surface area contributed by atoms with Crippen LogP contribution in [0.1, 0.15) is 37.4 Å². The number of hydrogen-bond acceptors (Lipinski definition) is 5. The second-order valence-electron chi connectivity index (χ2n) is 9.32. The van der Waals surface area contributed by atoms with Crippen LogP contribution in [0.5, 0.6) is 17.2 Å². The normalized spacial score (nSPS) is 13.7. The fourth-order valence-corrected chi connectivity index (χ4v) is 5.02. The van der Waals surface area contributed by atoms with E-state index >= 15 is 0 Å². The zero-order chi connectivity index (χ0) is 21.7. The Morgan fingerprint density at radius 2 is 1.17 bits per heavy atom. The number of fused-ring (bicyclic) bond motifs is 2. The average molecular weight is 429 g/mol. The first-order valence-corrected chi connectivity index (χ1v) is 16.5. The summed E-state index contributed by atoms with van der Waals surface area (Å²) in [6, 6.07) is 6.92. The van der Waals surface area contributed by atoms with E-state index < -0.39 is 16.6 Å². The third kappa shape index (κ3) is 4.30. The molecule has 154 valence electrons. The summed E-state index contributed by atoms with van der Waals surface area (Å²) in [6.45, 7) is 14.2. The number of ketones is 2. The second-order valence-corrected chi connectivity index (χ2v) is 18.2. The largest absolute Gasteiger partial charge is 0.544 e. The van der Waals surface area contributed by atoms with E-state index in [1.54, 1.807) is 18.2 Å². The van der Waals surface area contributed by atoms with Gasteiger partial charge in [-0.05, 0) is 70.0 Å². The molecular weight excluding hydrogens is 400 g/mol. The highest BCUT2D eigenvalue weighted by Crippen LogP contribution is 2.41. The van der Waals surface area contributed by atoms with Crippen LogP contribution in [0.2, 0.25) is 39.3 Å². The van der Waals surface area contributed by atoms with Crippen molar-refractivity contribution in [3.8, 4) is 17.2 Å². The van der Waals surface area contributed by atoms with Crippen LogP contribution < -0.4 is 13.6 Å². The molecule has 0 fully saturated rings. The fraction of sp³-hybridized carbons (Fsp3) is 0.364. The summed E-state index contributed by atoms with van der Waals surface area (Å²) in [6.07, 6.45) is 0. The highest BCUT2D eigenvalue weighted by Gasteiger charge is 2.37. The van der Waals surface area contributed by atoms with Crippen molar-refractivity contribution in [2.24, 2.45) is 0 Å². The summed E-state index contributed by atoms with van der Waals surface area (Å²) in [5, 5.41) is 0. The lowest BCUT2D eigenvalue weighted by Crippen LogP contribution is -2.33. The molecule has 0 N–H and O–H groups in total. The molecule has 0 heterocycles. The fourth-order valence-electron chi connectivity index (χ4n) is 3.38. The zero-order valence-corrected chi connectivity index (χ0v) is 20.4. The van der Waals surface area contributed by atoms with E-state index in [0.29, 0.717) is 39.5 Å². The van der Waals surface area contributed by atoms with Gasteiger partial charge in [-0.1, -0.05) is 0 Å². The van der Waals surface area contributed by atoms with Crippen LogP contribution in [0.15, 0.2) is 24.3 Å². The first kappa shape index (κ1) is 21.3. The molecule has 0 radical (unpaired) electrons. The Balaban J connectivity index is 2.29. The Morgan fingerprint density at radius 1 is 0.690 bits per heavy atom. The zero-order valence-electron chi connectivity index (χ0n) is 18.4. The van der Waals surface area contributed by atoms with Crippen LogP contribution in [-0.4, -0.2) is 35.3 Å². The maximum atomic E-state index is 13.7. The molecule has 2 aromatic carbocycles. The molecule has 0 saturated carbocycles. The number of methoxy groups -OCH3 is 1. The Hall–Kier alpha value is -2.39. The van der Waals surface area contributed by atoms with E-state index in [1.165, 1.54) is 7.11 Å². The minimum atomic E-state index is -2.04. The maximum Gasteiger partial charge on any atom is 0.242 e. The average Bonchev–Trinajstić information content (AvgIpc) is 2.55. The summed E-state index contributed by atoms with van der Waals surface area (Å²) >= 11 is 0. The van der Waals surface area contributed by atoms with Crippen molar-refractivity contribution in [2.75, 3.05) is 7.11 Å². The quantitative estimate of drug-likeness (QED) is 0.522. The van der Waals surface area contributed by atoms with E-state index in [0.717, 1.165) is 5.56 Å². The monoisotopic (exact) mass is 428 g/mol. The maximum absolute atomic E-state index is 13.7. The molecule has 0 spiro atoms. The van der Waals surface area contributed by atoms with Crippen LogP contribution in [0.4, 0.5) is 0 Å². The van der Waals surface area contributed by atoms with E-state index in [9.17, 15) is 9.59 Å². The van der Waals surface area contributed by atoms with Crippen molar-refractivity contribution in [3.05, 3.63) is 52.1 Å². The van der Waals surface area contributed by atoms with Gasteiger partial charge in [0, 0.05) is 17.2 Å². The first-order valence-electron chi connectivity index (χ1n) is 9.65. The molecule has 7 heteroatoms. The van der Waals surface area contributed by atoms with E-state index in [1.807, 2.05) is 32.6 Å². The standard InChI is InChI=1S/C22H28O5Si2/c1-13-9-15-19(17(10-13)26-28(3,4)5)22(24)20-16(21(15)23)11-14(25-2)12-18(20)27-29(6,7)8/h9-12H,1-8H3. The first-order chi connectivity index (χ1) is 13.3. The van der Waals surface area contributed by atoms with Gasteiger partial charge in [0.15, 0.2) is 5.78 Å². The number of carbonyl (C=O) groups excluding carboxylic acids is 2. The molecule has 29 heavy (non-hydrogen) atoms. The van der Waals surface area contributed by atoms with Gasteiger partial charge in [-0.15, -0.1) is 0 Å². The molecule has 0 bridgehead atoms. The van der Waals surface area contributed by atoms with Gasteiger partial charge >= 0.3 is 0 Å². The predicted octanol–water partition coefficient (Wildman–Crippen LogP) is 5.21. The van der Waals surface area contributed by atoms with E-state index in [-0.39, 0.29) is 11.6 Å². The highest BCUT2D eigenvalue weighted by atomic mass is 28.4. The molecule has 0 aliphatic heterocycles. The number of benzene rings is 2. The molecule has 1 aliphatic carbocycles. The molecule has 0 saturated heterocycles. The van der Waals surface area contributed by atoms with Crippen LogP contribution in [0, 0.1) is 6.92 Å². The number of carbonyl (C=O) groups is 2. The van der Waals surface area contributed by atoms with Crippen molar-refractivity contribution in [2.45, 2.75) is 46.2 Å². The van der Waals surface area contributed by atoms with Gasteiger partial charge < -0.3 is 13.6 Å². The molecule has 1 aliphatic rings. The minimum absolute atomic E-state index is 0.210. The van der Waals surface area contributed by atoms with Crippen molar-refractivity contribution < 1.29 is 23.2 Å². The molecule has 0 atom stereocenters. The summed E-state index contributed by atoms with van der Waals surface area (Å²) in [5.74, 6) is 0.935. The number of aryl methyl sites for hydroxylation is 1. The van der Waals surface area contributed by atoms with Gasteiger partial charge in [-0.2, -0.15) is 0 Å². The minimum Gasteiger partial charge on any atom is -0.544 e. The second kappa shape index (κ2) is 7.14. The lowest BCUT2D eigenvalue weighted by Gasteiger charge is -2.28. The molecule has 0 amide bonds. The van der Waals surface area contributed by atoms with Crippen LogP contribution in [0.3, 0.4) is 0 Å². The van der Waals surface area contributed by atoms with Crippen molar-refractivity contribution in [1.29, 1.82) is 0 Å². The summed E-state index contributed by atoms with van der Waals surface area (Å²) in [5.41, 5.74) is 2.21. The Bertz CT molecular complexity index is 1010. The Labute approximate surface area is 174 Å². The van der Waals surface area contributed by atoms with Crippen molar-refractivity contribution >= 4 is 28.2 Å². The lowest BCUT2D eigenvalue weighted by atomic mass is 9.82. The van der Waals surface area contributed by atoms with E-state index in [4.69, 9.17) is 13.6 Å². The molecule has 2 aromatic rings. The van der Waals surface area contributed by atoms with Crippen molar-refractivity contribution in [3.63, 3.8) is 0 Å². The summed E-state index contributed by atoms with van der Waals surface area (Å²) in [7, 11) is -2.50. The number of rotatable bonds is 5. The van der Waals surface area contributed by atoms with E-state index in [2.05, 4.69) is 19.6 Å². The predicted molar refractivity (Wildman–Crippen MR) is 119 cm³/mol. The van der Waals surface area contributed by atoms with Crippen LogP contribution in [0.25, 0.3) is 0 Å². The smallest absolute Gasteiger partial charge is 0.242 e. The van der Waals surface area contributed by atoms with Crippen LogP contribution >= 0.6 is 0 Å². The number of ether oxygens (including phenoxy) is 1. The highest BCUT2D eigenvalue weighted by molar-refractivity contribution is 6.71. The van der Waals surface area contributed by atoms with Gasteiger partial charge in [0.1, 0.15) is 17.2 Å². The number of hydrogen-bond donors (Lipinski definition) is 0. The van der Waals surface area contributed by atoms with Gasteiger partial charge in [-0.25, -0.2) is 0 Å². The van der Waals surface area contributed by atoms with Gasteiger partial charge in [0.05, 0.1) is 18.2 Å². The topological polar surface area (TPSA) is 61.8 Å². The Morgan fingerprint density at radius 3 is 1.66 bits per heavy atom. The van der Waals surface area contributed by atoms with Gasteiger partial charge in [-0.3, -0.25) is 9.59 Å². The summed E-state index contributed by atoms with van der Waals surface area (Å²) in [4.78, 5) is 27.1. The van der Waals surface area contributed by atoms with Crippen molar-refractivity contribution in [1.82, 2.24) is 0 Å². The SMILES string of the molecule is COc1cc(O[Si](C)(C)C)c2c(c1)C(=O)c1cc(C)cc(O[Si](C)(C)C)c1C2=O. The third-order valence-electron chi connectivity index (χ3n) is 4.33. The Kier molecular flexibility index (Phi) is 5.25.